The molecule has 0 aromatic heterocycles. The van der Waals surface area contributed by atoms with Crippen LogP contribution >= 0.6 is 12.4 Å². The van der Waals surface area contributed by atoms with E-state index >= 15 is 0 Å². The number of halogens is 1. The molecule has 2 atom stereocenters. The van der Waals surface area contributed by atoms with Crippen LogP contribution in [0.15, 0.2) is 24.3 Å². The van der Waals surface area contributed by atoms with Crippen molar-refractivity contribution in [3.63, 3.8) is 0 Å². The van der Waals surface area contributed by atoms with Crippen molar-refractivity contribution in [3.05, 3.63) is 29.8 Å². The minimum absolute atomic E-state index is 0. The van der Waals surface area contributed by atoms with Gasteiger partial charge in [-0.1, -0.05) is 18.6 Å². The second kappa shape index (κ2) is 8.84. The van der Waals surface area contributed by atoms with Gasteiger partial charge in [-0.3, -0.25) is 4.79 Å². The predicted molar refractivity (Wildman–Crippen MR) is 99.2 cm³/mol. The summed E-state index contributed by atoms with van der Waals surface area (Å²) >= 11 is 0. The van der Waals surface area contributed by atoms with Gasteiger partial charge in [0, 0.05) is 24.3 Å². The SMILES string of the molecule is CCOCc1ccc(NC(=O)C2CC3CCCC(C2)C3N)cc1.Cl. The zero-order valence-corrected chi connectivity index (χ0v) is 15.2. The van der Waals surface area contributed by atoms with Gasteiger partial charge < -0.3 is 15.8 Å². The quantitative estimate of drug-likeness (QED) is 0.848. The number of fused-ring (bicyclic) bond motifs is 2. The molecule has 24 heavy (non-hydrogen) atoms. The highest BCUT2D eigenvalue weighted by atomic mass is 35.5. The van der Waals surface area contributed by atoms with Crippen molar-refractivity contribution in [1.82, 2.24) is 0 Å². The molecule has 0 spiro atoms. The number of amides is 1. The van der Waals surface area contributed by atoms with E-state index in [0.717, 1.165) is 24.1 Å². The van der Waals surface area contributed by atoms with E-state index in [0.29, 0.717) is 31.1 Å². The van der Waals surface area contributed by atoms with Crippen LogP contribution in [0.3, 0.4) is 0 Å². The first-order valence-electron chi connectivity index (χ1n) is 8.90. The number of carbonyl (C=O) groups excluding carboxylic acids is 1. The van der Waals surface area contributed by atoms with Crippen LogP contribution in [0.2, 0.25) is 0 Å². The minimum Gasteiger partial charge on any atom is -0.377 e. The number of carbonyl (C=O) groups is 1. The number of anilines is 1. The number of rotatable bonds is 5. The first-order chi connectivity index (χ1) is 11.2. The van der Waals surface area contributed by atoms with Gasteiger partial charge in [0.1, 0.15) is 0 Å². The lowest BCUT2D eigenvalue weighted by atomic mass is 9.65. The van der Waals surface area contributed by atoms with Crippen molar-refractivity contribution in [2.45, 2.75) is 51.7 Å². The second-order valence-corrected chi connectivity index (χ2v) is 7.02. The molecule has 1 aromatic carbocycles. The Hall–Kier alpha value is -1.10. The van der Waals surface area contributed by atoms with Crippen LogP contribution < -0.4 is 11.1 Å². The predicted octanol–water partition coefficient (Wildman–Crippen LogP) is 3.74. The molecule has 3 N–H and O–H groups in total. The Morgan fingerprint density at radius 3 is 2.42 bits per heavy atom. The van der Waals surface area contributed by atoms with Crippen molar-refractivity contribution < 1.29 is 9.53 Å². The molecule has 2 fully saturated rings. The molecule has 0 radical (unpaired) electrons. The number of hydrogen-bond donors (Lipinski definition) is 2. The van der Waals surface area contributed by atoms with E-state index in [9.17, 15) is 4.79 Å². The number of nitrogens with one attached hydrogen (secondary N) is 1. The van der Waals surface area contributed by atoms with Crippen molar-refractivity contribution >= 4 is 24.0 Å². The third-order valence-electron chi connectivity index (χ3n) is 5.48. The Balaban J connectivity index is 0.00000208. The molecule has 5 heteroatoms. The Bertz CT molecular complexity index is 521. The maximum Gasteiger partial charge on any atom is 0.227 e. The normalized spacial score (nSPS) is 28.8. The molecule has 3 rings (SSSR count). The smallest absolute Gasteiger partial charge is 0.227 e. The first kappa shape index (κ1) is 19.2. The van der Waals surface area contributed by atoms with Gasteiger partial charge in [0.15, 0.2) is 0 Å². The third kappa shape index (κ3) is 4.50. The zero-order valence-electron chi connectivity index (χ0n) is 14.4. The molecular formula is C19H29ClN2O2. The molecule has 2 bridgehead atoms. The average molecular weight is 353 g/mol. The lowest BCUT2D eigenvalue weighted by molar-refractivity contribution is -0.122. The summed E-state index contributed by atoms with van der Waals surface area (Å²) in [6.07, 6.45) is 5.55. The van der Waals surface area contributed by atoms with Crippen LogP contribution in [0.5, 0.6) is 0 Å². The number of benzene rings is 1. The summed E-state index contributed by atoms with van der Waals surface area (Å²) in [5, 5.41) is 3.08. The van der Waals surface area contributed by atoms with Crippen LogP contribution in [0.25, 0.3) is 0 Å². The van der Waals surface area contributed by atoms with Crippen molar-refractivity contribution in [1.29, 1.82) is 0 Å². The first-order valence-corrected chi connectivity index (χ1v) is 8.90. The fraction of sp³-hybridized carbons (Fsp3) is 0.632. The Labute approximate surface area is 150 Å². The van der Waals surface area contributed by atoms with Gasteiger partial charge >= 0.3 is 0 Å². The molecule has 2 unspecified atom stereocenters. The largest absolute Gasteiger partial charge is 0.377 e. The summed E-state index contributed by atoms with van der Waals surface area (Å²) in [6.45, 7) is 3.32. The van der Waals surface area contributed by atoms with Gasteiger partial charge in [0.2, 0.25) is 5.91 Å². The summed E-state index contributed by atoms with van der Waals surface area (Å²) < 4.78 is 5.39. The second-order valence-electron chi connectivity index (χ2n) is 7.02. The van der Waals surface area contributed by atoms with Gasteiger partial charge in [0.25, 0.3) is 0 Å². The summed E-state index contributed by atoms with van der Waals surface area (Å²) in [5.74, 6) is 1.35. The van der Waals surface area contributed by atoms with Crippen LogP contribution in [-0.4, -0.2) is 18.6 Å². The van der Waals surface area contributed by atoms with Crippen LogP contribution in [0.1, 0.15) is 44.6 Å². The van der Waals surface area contributed by atoms with Gasteiger partial charge in [0.05, 0.1) is 6.61 Å². The van der Waals surface area contributed by atoms with E-state index in [1.165, 1.54) is 19.3 Å². The van der Waals surface area contributed by atoms with E-state index in [4.69, 9.17) is 10.5 Å². The number of ether oxygens (including phenoxy) is 1. The molecule has 0 heterocycles. The average Bonchev–Trinajstić information content (AvgIpc) is 2.54. The van der Waals surface area contributed by atoms with Gasteiger partial charge in [-0.25, -0.2) is 0 Å². The molecular weight excluding hydrogens is 324 g/mol. The Morgan fingerprint density at radius 1 is 1.21 bits per heavy atom. The highest BCUT2D eigenvalue weighted by molar-refractivity contribution is 5.92. The lowest BCUT2D eigenvalue weighted by Crippen LogP contribution is -2.48. The zero-order chi connectivity index (χ0) is 16.2. The van der Waals surface area contributed by atoms with E-state index < -0.39 is 0 Å². The van der Waals surface area contributed by atoms with Crippen LogP contribution in [-0.2, 0) is 16.1 Å². The topological polar surface area (TPSA) is 64.3 Å². The van der Waals surface area contributed by atoms with Gasteiger partial charge in [-0.2, -0.15) is 0 Å². The Morgan fingerprint density at radius 2 is 1.83 bits per heavy atom. The van der Waals surface area contributed by atoms with Crippen molar-refractivity contribution in [2.24, 2.45) is 23.5 Å². The minimum atomic E-state index is 0. The van der Waals surface area contributed by atoms with E-state index in [1.54, 1.807) is 0 Å². The highest BCUT2D eigenvalue weighted by Gasteiger charge is 2.40. The number of nitrogens with two attached hydrogens (primary N) is 1. The van der Waals surface area contributed by atoms with Crippen LogP contribution in [0.4, 0.5) is 5.69 Å². The van der Waals surface area contributed by atoms with E-state index in [2.05, 4.69) is 5.32 Å². The van der Waals surface area contributed by atoms with E-state index in [-0.39, 0.29) is 24.2 Å². The molecule has 0 aliphatic heterocycles. The molecule has 1 amide bonds. The molecule has 0 saturated heterocycles. The molecule has 2 saturated carbocycles. The molecule has 2 aliphatic rings. The number of hydrogen-bond acceptors (Lipinski definition) is 3. The summed E-state index contributed by atoms with van der Waals surface area (Å²) in [5.41, 5.74) is 8.31. The van der Waals surface area contributed by atoms with E-state index in [1.807, 2.05) is 31.2 Å². The summed E-state index contributed by atoms with van der Waals surface area (Å²) in [6, 6.07) is 8.25. The van der Waals surface area contributed by atoms with Gasteiger partial charge in [-0.05, 0) is 62.1 Å². The Kier molecular flexibility index (Phi) is 7.08. The molecule has 2 aliphatic carbocycles. The van der Waals surface area contributed by atoms with Crippen molar-refractivity contribution in [3.8, 4) is 0 Å². The summed E-state index contributed by atoms with van der Waals surface area (Å²) in [4.78, 5) is 12.6. The molecule has 134 valence electrons. The van der Waals surface area contributed by atoms with Crippen molar-refractivity contribution in [2.75, 3.05) is 11.9 Å². The van der Waals surface area contributed by atoms with Gasteiger partial charge in [-0.15, -0.1) is 12.4 Å². The summed E-state index contributed by atoms with van der Waals surface area (Å²) in [7, 11) is 0. The molecule has 4 nitrogen and oxygen atoms in total. The fourth-order valence-electron chi connectivity index (χ4n) is 4.15. The van der Waals surface area contributed by atoms with Crippen LogP contribution in [0, 0.1) is 17.8 Å². The maximum absolute atomic E-state index is 12.6. The lowest BCUT2D eigenvalue weighted by Gasteiger charge is -2.43. The highest BCUT2D eigenvalue weighted by Crippen LogP contribution is 2.42. The third-order valence-corrected chi connectivity index (χ3v) is 5.48. The molecule has 1 aromatic rings. The standard InChI is InChI=1S/C19H28N2O2.ClH/c1-2-23-12-13-6-8-17(9-7-13)21-19(22)16-10-14-4-3-5-15(11-16)18(14)20;/h6-9,14-16,18H,2-5,10-12,20H2,1H3,(H,21,22);1H. The monoisotopic (exact) mass is 352 g/mol. The fourth-order valence-corrected chi connectivity index (χ4v) is 4.15. The maximum atomic E-state index is 12.6.